The predicted octanol–water partition coefficient (Wildman–Crippen LogP) is 4.24. The summed E-state index contributed by atoms with van der Waals surface area (Å²) in [7, 11) is 0. The summed E-state index contributed by atoms with van der Waals surface area (Å²) in [5.74, 6) is -0.280. The fourth-order valence-corrected chi connectivity index (χ4v) is 4.09. The van der Waals surface area contributed by atoms with E-state index in [-0.39, 0.29) is 11.7 Å². The number of para-hydroxylation sites is 2. The first-order valence-electron chi connectivity index (χ1n) is 11.0. The second-order valence-electron chi connectivity index (χ2n) is 8.00. The molecule has 0 saturated heterocycles. The topological polar surface area (TPSA) is 102 Å². The molecule has 8 heteroatoms. The molecule has 0 unspecified atom stereocenters. The zero-order valence-electron chi connectivity index (χ0n) is 19.0. The summed E-state index contributed by atoms with van der Waals surface area (Å²) in [4.78, 5) is 12.8. The van der Waals surface area contributed by atoms with Crippen LogP contribution in [-0.2, 0) is 6.42 Å². The van der Waals surface area contributed by atoms with Crippen LogP contribution in [-0.4, -0.2) is 26.8 Å². The van der Waals surface area contributed by atoms with Gasteiger partial charge in [-0.1, -0.05) is 30.3 Å². The second kappa shape index (κ2) is 9.63. The SMILES string of the molecule is Cc1cc(C(=O)NCCCc2nn(-c3ccccc3)c(N)c2C#N)c(C)n1-c1ccccc1F. The molecule has 0 fully saturated rings. The number of nitrogens with two attached hydrogens (primary N) is 1. The predicted molar refractivity (Wildman–Crippen MR) is 129 cm³/mol. The minimum atomic E-state index is -0.348. The average molecular weight is 457 g/mol. The van der Waals surface area contributed by atoms with Crippen molar-refractivity contribution in [2.75, 3.05) is 12.3 Å². The minimum Gasteiger partial charge on any atom is -0.382 e. The molecule has 1 amide bonds. The van der Waals surface area contributed by atoms with Gasteiger partial charge in [-0.15, -0.1) is 0 Å². The largest absolute Gasteiger partial charge is 0.382 e. The van der Waals surface area contributed by atoms with Crippen LogP contribution in [0.25, 0.3) is 11.4 Å². The molecule has 34 heavy (non-hydrogen) atoms. The number of hydrogen-bond acceptors (Lipinski definition) is 4. The highest BCUT2D eigenvalue weighted by atomic mass is 19.1. The van der Waals surface area contributed by atoms with Crippen molar-refractivity contribution in [2.45, 2.75) is 26.7 Å². The minimum absolute atomic E-state index is 0.231. The lowest BCUT2D eigenvalue weighted by Crippen LogP contribution is -2.25. The molecular weight excluding hydrogens is 431 g/mol. The number of hydrogen-bond donors (Lipinski definition) is 2. The molecule has 2 aromatic heterocycles. The van der Waals surface area contributed by atoms with Gasteiger partial charge in [0.2, 0.25) is 0 Å². The number of aryl methyl sites for hydroxylation is 2. The third kappa shape index (κ3) is 4.28. The number of nitrogens with one attached hydrogen (secondary N) is 1. The molecular formula is C26H25FN6O. The molecule has 0 spiro atoms. The molecule has 0 radical (unpaired) electrons. The molecule has 4 aromatic rings. The number of aromatic nitrogens is 3. The van der Waals surface area contributed by atoms with Crippen molar-refractivity contribution >= 4 is 11.7 Å². The number of nitrogens with zero attached hydrogens (tertiary/aromatic N) is 4. The lowest BCUT2D eigenvalue weighted by molar-refractivity contribution is 0.0952. The summed E-state index contributed by atoms with van der Waals surface area (Å²) in [6.45, 7) is 4.03. The average Bonchev–Trinajstić information content (AvgIpc) is 3.32. The van der Waals surface area contributed by atoms with E-state index in [9.17, 15) is 14.4 Å². The zero-order chi connectivity index (χ0) is 24.2. The van der Waals surface area contributed by atoms with Crippen molar-refractivity contribution in [3.8, 4) is 17.4 Å². The molecule has 7 nitrogen and oxygen atoms in total. The number of anilines is 1. The Morgan fingerprint density at radius 3 is 2.56 bits per heavy atom. The Morgan fingerprint density at radius 1 is 1.15 bits per heavy atom. The van der Waals surface area contributed by atoms with Gasteiger partial charge in [-0.25, -0.2) is 9.07 Å². The van der Waals surface area contributed by atoms with Crippen molar-refractivity contribution < 1.29 is 9.18 Å². The van der Waals surface area contributed by atoms with Crippen LogP contribution in [0.15, 0.2) is 60.7 Å². The summed E-state index contributed by atoms with van der Waals surface area (Å²) < 4.78 is 17.6. The molecule has 0 atom stereocenters. The van der Waals surface area contributed by atoms with Crippen molar-refractivity contribution in [2.24, 2.45) is 0 Å². The van der Waals surface area contributed by atoms with E-state index in [2.05, 4.69) is 16.5 Å². The summed E-state index contributed by atoms with van der Waals surface area (Å²) >= 11 is 0. The molecule has 0 aliphatic rings. The number of benzene rings is 2. The van der Waals surface area contributed by atoms with Crippen LogP contribution in [0.5, 0.6) is 0 Å². The number of amides is 1. The molecule has 3 N–H and O–H groups in total. The normalized spacial score (nSPS) is 10.8. The fraction of sp³-hybridized carbons (Fsp3) is 0.192. The Kier molecular flexibility index (Phi) is 6.46. The second-order valence-corrected chi connectivity index (χ2v) is 8.00. The number of carbonyl (C=O) groups is 1. The molecule has 0 aliphatic heterocycles. The molecule has 0 aliphatic carbocycles. The lowest BCUT2D eigenvalue weighted by atomic mass is 10.1. The number of nitriles is 1. The van der Waals surface area contributed by atoms with Gasteiger partial charge < -0.3 is 15.6 Å². The Hall–Kier alpha value is -4.38. The maximum Gasteiger partial charge on any atom is 0.253 e. The highest BCUT2D eigenvalue weighted by Crippen LogP contribution is 2.23. The van der Waals surface area contributed by atoms with E-state index in [0.29, 0.717) is 53.4 Å². The van der Waals surface area contributed by atoms with E-state index in [1.165, 1.54) is 6.07 Å². The molecule has 2 heterocycles. The maximum atomic E-state index is 14.3. The van der Waals surface area contributed by atoms with Gasteiger partial charge in [0.1, 0.15) is 23.3 Å². The fourth-order valence-electron chi connectivity index (χ4n) is 4.09. The molecule has 0 saturated carbocycles. The summed E-state index contributed by atoms with van der Waals surface area (Å²) in [5, 5.41) is 17.0. The Bertz CT molecular complexity index is 1380. The van der Waals surface area contributed by atoms with Gasteiger partial charge in [0.15, 0.2) is 0 Å². The van der Waals surface area contributed by atoms with Crippen LogP contribution >= 0.6 is 0 Å². The van der Waals surface area contributed by atoms with Gasteiger partial charge in [-0.2, -0.15) is 10.4 Å². The van der Waals surface area contributed by atoms with Crippen LogP contribution in [0.3, 0.4) is 0 Å². The third-order valence-corrected chi connectivity index (χ3v) is 5.75. The van der Waals surface area contributed by atoms with Crippen LogP contribution in [0.1, 0.15) is 39.4 Å². The smallest absolute Gasteiger partial charge is 0.253 e. The van der Waals surface area contributed by atoms with Crippen molar-refractivity contribution in [3.05, 3.63) is 94.7 Å². The van der Waals surface area contributed by atoms with Crippen molar-refractivity contribution in [3.63, 3.8) is 0 Å². The van der Waals surface area contributed by atoms with Crippen LogP contribution in [0, 0.1) is 31.0 Å². The molecule has 2 aromatic carbocycles. The van der Waals surface area contributed by atoms with Gasteiger partial charge in [0.25, 0.3) is 5.91 Å². The van der Waals surface area contributed by atoms with E-state index < -0.39 is 0 Å². The van der Waals surface area contributed by atoms with E-state index in [1.807, 2.05) is 37.3 Å². The van der Waals surface area contributed by atoms with Crippen molar-refractivity contribution in [1.29, 1.82) is 5.26 Å². The van der Waals surface area contributed by atoms with Crippen LogP contribution in [0.4, 0.5) is 10.2 Å². The Balaban J connectivity index is 1.43. The molecule has 172 valence electrons. The standard InChI is InChI=1S/C26H25FN6O/c1-17-15-20(18(2)32(17)24-13-7-6-11-22(24)27)26(34)30-14-8-12-23-21(16-28)25(29)33(31-23)19-9-4-3-5-10-19/h3-7,9-11,13,15H,8,12,14,29H2,1-2H3,(H,30,34). The van der Waals surface area contributed by atoms with Crippen LogP contribution in [0.2, 0.25) is 0 Å². The first-order chi connectivity index (χ1) is 16.4. The van der Waals surface area contributed by atoms with E-state index in [1.54, 1.807) is 40.4 Å². The molecule has 4 rings (SSSR count). The summed E-state index contributed by atoms with van der Waals surface area (Å²) in [6.07, 6.45) is 1.07. The van der Waals surface area contributed by atoms with Gasteiger partial charge in [0.05, 0.1) is 22.6 Å². The quantitative estimate of drug-likeness (QED) is 0.406. The van der Waals surface area contributed by atoms with Crippen LogP contribution < -0.4 is 11.1 Å². The third-order valence-electron chi connectivity index (χ3n) is 5.75. The van der Waals surface area contributed by atoms with E-state index in [0.717, 1.165) is 11.4 Å². The van der Waals surface area contributed by atoms with E-state index >= 15 is 0 Å². The summed E-state index contributed by atoms with van der Waals surface area (Å²) in [5.41, 5.74) is 10.2. The number of halogens is 1. The Labute approximate surface area is 197 Å². The van der Waals surface area contributed by atoms with Gasteiger partial charge >= 0.3 is 0 Å². The lowest BCUT2D eigenvalue weighted by Gasteiger charge is -2.11. The maximum absolute atomic E-state index is 14.3. The first-order valence-corrected chi connectivity index (χ1v) is 11.0. The van der Waals surface area contributed by atoms with Gasteiger partial charge in [0, 0.05) is 17.9 Å². The van der Waals surface area contributed by atoms with E-state index in [4.69, 9.17) is 5.73 Å². The van der Waals surface area contributed by atoms with Crippen molar-refractivity contribution in [1.82, 2.24) is 19.7 Å². The highest BCUT2D eigenvalue weighted by Gasteiger charge is 2.19. The van der Waals surface area contributed by atoms with Gasteiger partial charge in [-0.05, 0) is 57.0 Å². The highest BCUT2D eigenvalue weighted by molar-refractivity contribution is 5.95. The van der Waals surface area contributed by atoms with Gasteiger partial charge in [-0.3, -0.25) is 4.79 Å². The number of nitrogen functional groups attached to an aromatic ring is 1. The number of carbonyl (C=O) groups excluding carboxylic acids is 1. The number of rotatable bonds is 7. The monoisotopic (exact) mass is 456 g/mol. The Morgan fingerprint density at radius 2 is 1.85 bits per heavy atom. The first kappa shape index (κ1) is 22.8. The molecule has 0 bridgehead atoms. The summed E-state index contributed by atoms with van der Waals surface area (Å²) in [6, 6.07) is 19.8. The zero-order valence-corrected chi connectivity index (χ0v) is 19.0.